The second kappa shape index (κ2) is 6.15. The number of benzene rings is 1. The first-order valence-electron chi connectivity index (χ1n) is 6.20. The van der Waals surface area contributed by atoms with E-state index in [4.69, 9.17) is 11.6 Å². The van der Waals surface area contributed by atoms with E-state index in [1.54, 1.807) is 12.4 Å². The van der Waals surface area contributed by atoms with Gasteiger partial charge in [-0.25, -0.2) is 0 Å². The SMILES string of the molecule is Clc1nc(Nc2ccccc2)nc(Nc2ccncc2)n1. The quantitative estimate of drug-likeness (QED) is 0.769. The third-order valence-corrected chi connectivity index (χ3v) is 2.74. The van der Waals surface area contributed by atoms with Crippen molar-refractivity contribution in [3.05, 3.63) is 60.1 Å². The Kier molecular flexibility index (Phi) is 3.88. The minimum Gasteiger partial charge on any atom is -0.324 e. The molecule has 1 aromatic carbocycles. The van der Waals surface area contributed by atoms with E-state index in [9.17, 15) is 0 Å². The molecule has 0 bridgehead atoms. The lowest BCUT2D eigenvalue weighted by atomic mass is 10.3. The minimum atomic E-state index is 0.111. The number of rotatable bonds is 4. The smallest absolute Gasteiger partial charge is 0.233 e. The Morgan fingerprint density at radius 2 is 1.29 bits per heavy atom. The standard InChI is InChI=1S/C14H11ClN6/c15-12-19-13(17-10-4-2-1-3-5-10)21-14(20-12)18-11-6-8-16-9-7-11/h1-9H,(H2,16,17,18,19,20,21). The number of anilines is 4. The topological polar surface area (TPSA) is 75.6 Å². The van der Waals surface area contributed by atoms with E-state index in [2.05, 4.69) is 30.6 Å². The van der Waals surface area contributed by atoms with Crippen molar-refractivity contribution in [1.29, 1.82) is 0 Å². The molecule has 3 aromatic rings. The molecule has 3 rings (SSSR count). The van der Waals surface area contributed by atoms with Crippen LogP contribution in [0.1, 0.15) is 0 Å². The van der Waals surface area contributed by atoms with Gasteiger partial charge in [0.25, 0.3) is 0 Å². The average Bonchev–Trinajstić information content (AvgIpc) is 2.48. The zero-order valence-corrected chi connectivity index (χ0v) is 11.6. The van der Waals surface area contributed by atoms with Gasteiger partial charge in [-0.05, 0) is 35.9 Å². The Balaban J connectivity index is 1.83. The molecule has 0 aliphatic heterocycles. The monoisotopic (exact) mass is 298 g/mol. The summed E-state index contributed by atoms with van der Waals surface area (Å²) in [6.45, 7) is 0. The summed E-state index contributed by atoms with van der Waals surface area (Å²) in [6, 6.07) is 13.2. The molecule has 0 spiro atoms. The zero-order chi connectivity index (χ0) is 14.5. The molecule has 0 amide bonds. The van der Waals surface area contributed by atoms with Crippen LogP contribution in [0.4, 0.5) is 23.3 Å². The van der Waals surface area contributed by atoms with Crippen molar-refractivity contribution in [2.75, 3.05) is 10.6 Å². The molecule has 0 aliphatic carbocycles. The third-order valence-electron chi connectivity index (χ3n) is 2.57. The zero-order valence-electron chi connectivity index (χ0n) is 10.9. The van der Waals surface area contributed by atoms with E-state index in [0.717, 1.165) is 11.4 Å². The van der Waals surface area contributed by atoms with Crippen LogP contribution in [0.5, 0.6) is 0 Å². The van der Waals surface area contributed by atoms with Crippen LogP contribution in [-0.4, -0.2) is 19.9 Å². The van der Waals surface area contributed by atoms with Gasteiger partial charge in [-0.2, -0.15) is 15.0 Å². The van der Waals surface area contributed by atoms with Crippen LogP contribution in [0.2, 0.25) is 5.28 Å². The first kappa shape index (κ1) is 13.3. The van der Waals surface area contributed by atoms with Crippen molar-refractivity contribution in [2.45, 2.75) is 0 Å². The van der Waals surface area contributed by atoms with Gasteiger partial charge in [0, 0.05) is 23.8 Å². The number of aromatic nitrogens is 4. The lowest BCUT2D eigenvalue weighted by Crippen LogP contribution is -2.03. The summed E-state index contributed by atoms with van der Waals surface area (Å²) in [5.41, 5.74) is 1.69. The molecule has 7 heteroatoms. The molecular formula is C14H11ClN6. The van der Waals surface area contributed by atoms with Crippen molar-refractivity contribution in [1.82, 2.24) is 19.9 Å². The molecular weight excluding hydrogens is 288 g/mol. The second-order valence-electron chi connectivity index (χ2n) is 4.10. The van der Waals surface area contributed by atoms with Gasteiger partial charge in [0.1, 0.15) is 0 Å². The maximum absolute atomic E-state index is 5.93. The van der Waals surface area contributed by atoms with Crippen molar-refractivity contribution in [3.63, 3.8) is 0 Å². The van der Waals surface area contributed by atoms with Crippen LogP contribution in [-0.2, 0) is 0 Å². The van der Waals surface area contributed by atoms with Crippen LogP contribution in [0.15, 0.2) is 54.9 Å². The average molecular weight is 299 g/mol. The Labute approximate surface area is 126 Å². The van der Waals surface area contributed by atoms with Crippen LogP contribution in [0, 0.1) is 0 Å². The fourth-order valence-corrected chi connectivity index (χ4v) is 1.84. The highest BCUT2D eigenvalue weighted by Gasteiger charge is 2.05. The molecule has 2 heterocycles. The number of pyridine rings is 1. The number of hydrogen-bond acceptors (Lipinski definition) is 6. The normalized spacial score (nSPS) is 10.1. The molecule has 21 heavy (non-hydrogen) atoms. The van der Waals surface area contributed by atoms with Gasteiger partial charge in [0.15, 0.2) is 0 Å². The summed E-state index contributed by atoms with van der Waals surface area (Å²) in [5.74, 6) is 0.734. The number of hydrogen-bond donors (Lipinski definition) is 2. The number of nitrogens with one attached hydrogen (secondary N) is 2. The molecule has 104 valence electrons. The van der Waals surface area contributed by atoms with Gasteiger partial charge in [0.2, 0.25) is 17.2 Å². The number of nitrogens with zero attached hydrogens (tertiary/aromatic N) is 4. The van der Waals surface area contributed by atoms with E-state index < -0.39 is 0 Å². The summed E-state index contributed by atoms with van der Waals surface area (Å²) in [4.78, 5) is 16.3. The minimum absolute atomic E-state index is 0.111. The van der Waals surface area contributed by atoms with Gasteiger partial charge >= 0.3 is 0 Å². The molecule has 2 aromatic heterocycles. The molecule has 0 aliphatic rings. The summed E-state index contributed by atoms with van der Waals surface area (Å²) in [6.07, 6.45) is 3.35. The predicted molar refractivity (Wildman–Crippen MR) is 82.1 cm³/mol. The van der Waals surface area contributed by atoms with Gasteiger partial charge < -0.3 is 10.6 Å². The second-order valence-corrected chi connectivity index (χ2v) is 4.44. The lowest BCUT2D eigenvalue weighted by molar-refractivity contribution is 1.06. The molecule has 0 radical (unpaired) electrons. The van der Waals surface area contributed by atoms with Crippen LogP contribution in [0.3, 0.4) is 0 Å². The first-order chi connectivity index (χ1) is 10.3. The Hall–Kier alpha value is -2.73. The fraction of sp³-hybridized carbons (Fsp3) is 0. The highest BCUT2D eigenvalue weighted by molar-refractivity contribution is 6.28. The van der Waals surface area contributed by atoms with Crippen LogP contribution in [0.25, 0.3) is 0 Å². The van der Waals surface area contributed by atoms with Crippen molar-refractivity contribution in [2.24, 2.45) is 0 Å². The highest BCUT2D eigenvalue weighted by Crippen LogP contribution is 2.17. The van der Waals surface area contributed by atoms with Gasteiger partial charge in [-0.15, -0.1) is 0 Å². The fourth-order valence-electron chi connectivity index (χ4n) is 1.68. The molecule has 0 atom stereocenters. The van der Waals surface area contributed by atoms with Crippen molar-refractivity contribution in [3.8, 4) is 0 Å². The van der Waals surface area contributed by atoms with Gasteiger partial charge in [-0.3, -0.25) is 4.98 Å². The van der Waals surface area contributed by atoms with Gasteiger partial charge in [0.05, 0.1) is 0 Å². The molecule has 0 saturated carbocycles. The molecule has 0 unspecified atom stereocenters. The van der Waals surface area contributed by atoms with Gasteiger partial charge in [-0.1, -0.05) is 18.2 Å². The lowest BCUT2D eigenvalue weighted by Gasteiger charge is -2.08. The van der Waals surface area contributed by atoms with E-state index in [1.807, 2.05) is 42.5 Å². The first-order valence-corrected chi connectivity index (χ1v) is 6.58. The number of para-hydroxylation sites is 1. The molecule has 0 fully saturated rings. The highest BCUT2D eigenvalue weighted by atomic mass is 35.5. The Morgan fingerprint density at radius 3 is 1.90 bits per heavy atom. The van der Waals surface area contributed by atoms with Crippen molar-refractivity contribution >= 4 is 34.9 Å². The summed E-state index contributed by atoms with van der Waals surface area (Å²) >= 11 is 5.93. The predicted octanol–water partition coefficient (Wildman–Crippen LogP) is 3.41. The Bertz CT molecular complexity index is 660. The molecule has 6 nitrogen and oxygen atoms in total. The largest absolute Gasteiger partial charge is 0.324 e. The van der Waals surface area contributed by atoms with Crippen molar-refractivity contribution < 1.29 is 0 Å². The van der Waals surface area contributed by atoms with E-state index in [0.29, 0.717) is 11.9 Å². The van der Waals surface area contributed by atoms with Crippen LogP contribution >= 0.6 is 11.6 Å². The van der Waals surface area contributed by atoms with E-state index in [1.165, 1.54) is 0 Å². The summed E-state index contributed by atoms with van der Waals surface area (Å²) < 4.78 is 0. The maximum atomic E-state index is 5.93. The summed E-state index contributed by atoms with van der Waals surface area (Å²) in [5, 5.41) is 6.23. The molecule has 2 N–H and O–H groups in total. The summed E-state index contributed by atoms with van der Waals surface area (Å²) in [7, 11) is 0. The Morgan fingerprint density at radius 1 is 0.714 bits per heavy atom. The van der Waals surface area contributed by atoms with E-state index >= 15 is 0 Å². The maximum Gasteiger partial charge on any atom is 0.233 e. The van der Waals surface area contributed by atoms with E-state index in [-0.39, 0.29) is 5.28 Å². The molecule has 0 saturated heterocycles. The van der Waals surface area contributed by atoms with Crippen LogP contribution < -0.4 is 10.6 Å². The number of halogens is 1. The third kappa shape index (κ3) is 3.64.